The van der Waals surface area contributed by atoms with Crippen LogP contribution in [0, 0.1) is 0 Å². The summed E-state index contributed by atoms with van der Waals surface area (Å²) in [7, 11) is 1.62. The lowest BCUT2D eigenvalue weighted by molar-refractivity contribution is 0.0378. The van der Waals surface area contributed by atoms with Crippen LogP contribution >= 0.6 is 0 Å². The largest absolute Gasteiger partial charge is 0.481 e. The third-order valence-corrected chi connectivity index (χ3v) is 4.81. The van der Waals surface area contributed by atoms with Crippen LogP contribution in [0.25, 0.3) is 0 Å². The van der Waals surface area contributed by atoms with Gasteiger partial charge < -0.3 is 14.4 Å². The first-order valence-corrected chi connectivity index (χ1v) is 8.32. The van der Waals surface area contributed by atoms with Gasteiger partial charge in [0.15, 0.2) is 0 Å². The summed E-state index contributed by atoms with van der Waals surface area (Å²) in [4.78, 5) is 18.8. The predicted molar refractivity (Wildman–Crippen MR) is 90.4 cm³/mol. The SMILES string of the molecule is CCC1OC(=O)c2cc3c(cc21)CCN(c1cccc(OC)n1)C3. The third-order valence-electron chi connectivity index (χ3n) is 4.81. The van der Waals surface area contributed by atoms with Crippen LogP contribution in [-0.4, -0.2) is 24.6 Å². The van der Waals surface area contributed by atoms with E-state index >= 15 is 0 Å². The number of hydrogen-bond donors (Lipinski definition) is 0. The molecule has 1 aromatic heterocycles. The fourth-order valence-electron chi connectivity index (χ4n) is 3.52. The van der Waals surface area contributed by atoms with Gasteiger partial charge in [-0.15, -0.1) is 0 Å². The highest BCUT2D eigenvalue weighted by Crippen LogP contribution is 2.36. The molecule has 1 aromatic carbocycles. The van der Waals surface area contributed by atoms with E-state index in [1.165, 1.54) is 11.1 Å². The number of carbonyl (C=O) groups excluding carboxylic acids is 1. The highest BCUT2D eigenvalue weighted by Gasteiger charge is 2.32. The molecule has 124 valence electrons. The number of fused-ring (bicyclic) bond motifs is 2. The Bertz CT molecular complexity index is 803. The normalized spacial score (nSPS) is 18.8. The molecule has 0 saturated carbocycles. The zero-order valence-electron chi connectivity index (χ0n) is 13.9. The van der Waals surface area contributed by atoms with E-state index in [4.69, 9.17) is 9.47 Å². The molecule has 2 aromatic rings. The van der Waals surface area contributed by atoms with E-state index in [9.17, 15) is 4.79 Å². The minimum absolute atomic E-state index is 0.0871. The van der Waals surface area contributed by atoms with Crippen molar-refractivity contribution in [2.75, 3.05) is 18.6 Å². The molecule has 0 fully saturated rings. The number of cyclic esters (lactones) is 1. The van der Waals surface area contributed by atoms with Crippen molar-refractivity contribution in [3.8, 4) is 5.88 Å². The molecule has 1 atom stereocenters. The lowest BCUT2D eigenvalue weighted by atomic mass is 9.92. The number of nitrogens with zero attached hydrogens (tertiary/aromatic N) is 2. The first-order chi connectivity index (χ1) is 11.7. The Balaban J connectivity index is 1.66. The molecule has 5 nitrogen and oxygen atoms in total. The van der Waals surface area contributed by atoms with E-state index in [1.807, 2.05) is 31.2 Å². The Morgan fingerprint density at radius 3 is 3.00 bits per heavy atom. The molecule has 1 unspecified atom stereocenters. The van der Waals surface area contributed by atoms with E-state index in [-0.39, 0.29) is 12.1 Å². The summed E-state index contributed by atoms with van der Waals surface area (Å²) in [6, 6.07) is 9.95. The Hall–Kier alpha value is -2.56. The van der Waals surface area contributed by atoms with Crippen LogP contribution in [0.15, 0.2) is 30.3 Å². The van der Waals surface area contributed by atoms with E-state index in [0.29, 0.717) is 5.88 Å². The first kappa shape index (κ1) is 15.0. The average Bonchev–Trinajstić information content (AvgIpc) is 2.94. The number of hydrogen-bond acceptors (Lipinski definition) is 5. The second-order valence-electron chi connectivity index (χ2n) is 6.22. The van der Waals surface area contributed by atoms with E-state index in [2.05, 4.69) is 16.0 Å². The number of pyridine rings is 1. The van der Waals surface area contributed by atoms with Crippen molar-refractivity contribution in [1.29, 1.82) is 0 Å². The van der Waals surface area contributed by atoms with Gasteiger partial charge in [-0.25, -0.2) is 4.79 Å². The van der Waals surface area contributed by atoms with E-state index in [0.717, 1.165) is 42.9 Å². The van der Waals surface area contributed by atoms with E-state index in [1.54, 1.807) is 7.11 Å². The standard InChI is InChI=1S/C19H20N2O3/c1-3-16-14-9-12-7-8-21(17-5-4-6-18(20-17)23-2)11-13(12)10-15(14)19(22)24-16/h4-6,9-10,16H,3,7-8,11H2,1-2H3. The van der Waals surface area contributed by atoms with Crippen molar-refractivity contribution in [1.82, 2.24) is 4.98 Å². The molecule has 0 saturated heterocycles. The summed E-state index contributed by atoms with van der Waals surface area (Å²) in [5.41, 5.74) is 4.26. The smallest absolute Gasteiger partial charge is 0.339 e. The van der Waals surface area contributed by atoms with Gasteiger partial charge >= 0.3 is 5.97 Å². The van der Waals surface area contributed by atoms with Crippen LogP contribution in [0.4, 0.5) is 5.82 Å². The molecule has 0 aliphatic carbocycles. The number of rotatable bonds is 3. The van der Waals surface area contributed by atoms with Gasteiger partial charge in [-0.3, -0.25) is 0 Å². The van der Waals surface area contributed by atoms with Crippen LogP contribution in [-0.2, 0) is 17.7 Å². The average molecular weight is 324 g/mol. The van der Waals surface area contributed by atoms with E-state index < -0.39 is 0 Å². The number of aromatic nitrogens is 1. The lowest BCUT2D eigenvalue weighted by Crippen LogP contribution is -2.31. The van der Waals surface area contributed by atoms with Gasteiger partial charge in [-0.2, -0.15) is 4.98 Å². The zero-order chi connectivity index (χ0) is 16.7. The molecule has 3 heterocycles. The van der Waals surface area contributed by atoms with Crippen molar-refractivity contribution >= 4 is 11.8 Å². The monoisotopic (exact) mass is 324 g/mol. The second-order valence-corrected chi connectivity index (χ2v) is 6.22. The van der Waals surface area contributed by atoms with Crippen LogP contribution in [0.3, 0.4) is 0 Å². The maximum Gasteiger partial charge on any atom is 0.339 e. The van der Waals surface area contributed by atoms with Crippen LogP contribution < -0.4 is 9.64 Å². The maximum atomic E-state index is 12.1. The van der Waals surface area contributed by atoms with Gasteiger partial charge in [0.25, 0.3) is 0 Å². The highest BCUT2D eigenvalue weighted by atomic mass is 16.5. The minimum Gasteiger partial charge on any atom is -0.481 e. The maximum absolute atomic E-state index is 12.1. The van der Waals surface area contributed by atoms with Gasteiger partial charge in [0.05, 0.1) is 12.7 Å². The molecule has 5 heteroatoms. The van der Waals surface area contributed by atoms with Gasteiger partial charge in [-0.1, -0.05) is 19.1 Å². The number of carbonyl (C=O) groups is 1. The van der Waals surface area contributed by atoms with Crippen molar-refractivity contribution in [2.24, 2.45) is 0 Å². The molecule has 2 aliphatic heterocycles. The Morgan fingerprint density at radius 1 is 1.33 bits per heavy atom. The summed E-state index contributed by atoms with van der Waals surface area (Å²) in [5, 5.41) is 0. The van der Waals surface area contributed by atoms with Gasteiger partial charge in [0.2, 0.25) is 5.88 Å². The molecule has 24 heavy (non-hydrogen) atoms. The number of anilines is 1. The van der Waals surface area contributed by atoms with Crippen LogP contribution in [0.5, 0.6) is 5.88 Å². The van der Waals surface area contributed by atoms with Crippen LogP contribution in [0.2, 0.25) is 0 Å². The molecule has 0 bridgehead atoms. The minimum atomic E-state index is -0.198. The number of benzene rings is 1. The summed E-state index contributed by atoms with van der Waals surface area (Å²) in [5.74, 6) is 1.31. The Morgan fingerprint density at radius 2 is 2.21 bits per heavy atom. The zero-order valence-corrected chi connectivity index (χ0v) is 13.9. The second kappa shape index (κ2) is 5.82. The van der Waals surface area contributed by atoms with Gasteiger partial charge in [0, 0.05) is 24.7 Å². The quantitative estimate of drug-likeness (QED) is 0.811. The molecule has 0 N–H and O–H groups in total. The predicted octanol–water partition coefficient (Wildman–Crippen LogP) is 3.27. The number of ether oxygens (including phenoxy) is 2. The molecular formula is C19H20N2O3. The Kier molecular flexibility index (Phi) is 3.63. The van der Waals surface area contributed by atoms with Crippen molar-refractivity contribution in [2.45, 2.75) is 32.4 Å². The number of methoxy groups -OCH3 is 1. The van der Waals surface area contributed by atoms with Crippen LogP contribution in [0.1, 0.15) is 46.5 Å². The third kappa shape index (κ3) is 2.40. The van der Waals surface area contributed by atoms with Crippen molar-refractivity contribution in [3.63, 3.8) is 0 Å². The van der Waals surface area contributed by atoms with Gasteiger partial charge in [-0.05, 0) is 36.1 Å². The van der Waals surface area contributed by atoms with Gasteiger partial charge in [0.1, 0.15) is 11.9 Å². The summed E-state index contributed by atoms with van der Waals surface area (Å²) in [6.07, 6.45) is 1.67. The summed E-state index contributed by atoms with van der Waals surface area (Å²) >= 11 is 0. The highest BCUT2D eigenvalue weighted by molar-refractivity contribution is 5.94. The molecule has 0 spiro atoms. The first-order valence-electron chi connectivity index (χ1n) is 8.32. The lowest BCUT2D eigenvalue weighted by Gasteiger charge is -2.30. The van der Waals surface area contributed by atoms with Crippen molar-refractivity contribution in [3.05, 3.63) is 52.6 Å². The fourth-order valence-corrected chi connectivity index (χ4v) is 3.52. The molecule has 0 amide bonds. The molecule has 2 aliphatic rings. The molecule has 4 rings (SSSR count). The van der Waals surface area contributed by atoms with Crippen molar-refractivity contribution < 1.29 is 14.3 Å². The molecular weight excluding hydrogens is 304 g/mol. The Labute approximate surface area is 141 Å². The molecule has 0 radical (unpaired) electrons. The topological polar surface area (TPSA) is 51.7 Å². The fraction of sp³-hybridized carbons (Fsp3) is 0.368. The summed E-state index contributed by atoms with van der Waals surface area (Å²) < 4.78 is 10.7. The summed E-state index contributed by atoms with van der Waals surface area (Å²) in [6.45, 7) is 3.69. The number of esters is 1.